The van der Waals surface area contributed by atoms with Gasteiger partial charge < -0.3 is 4.98 Å². The highest BCUT2D eigenvalue weighted by Crippen LogP contribution is 2.12. The number of nitrogens with one attached hydrogen (secondary N) is 1. The molecule has 2 aromatic rings. The molecule has 4 nitrogen and oxygen atoms in total. The number of nitrogens with zero attached hydrogens (tertiary/aromatic N) is 1. The van der Waals surface area contributed by atoms with E-state index < -0.39 is 0 Å². The molecule has 0 atom stereocenters. The maximum Gasteiger partial charge on any atom is 0.258 e. The largest absolute Gasteiger partial charge is 0.321 e. The lowest BCUT2D eigenvalue weighted by molar-refractivity contribution is 0.112. The van der Waals surface area contributed by atoms with Crippen LogP contribution in [0.25, 0.3) is 11.3 Å². The molecule has 0 saturated heterocycles. The Morgan fingerprint density at radius 3 is 2.73 bits per heavy atom. The van der Waals surface area contributed by atoms with E-state index in [2.05, 4.69) is 9.97 Å². The van der Waals surface area contributed by atoms with Crippen LogP contribution in [0.5, 0.6) is 0 Å². The summed E-state index contributed by atoms with van der Waals surface area (Å²) in [5.74, 6) is 0. The number of hydrogen-bond donors (Lipinski definition) is 1. The minimum Gasteiger partial charge on any atom is -0.321 e. The summed E-state index contributed by atoms with van der Waals surface area (Å²) in [6.07, 6.45) is 3.83. The number of carbonyl (C=O) groups is 1. The first-order valence-electron chi connectivity index (χ1n) is 4.40. The van der Waals surface area contributed by atoms with E-state index in [4.69, 9.17) is 0 Å². The Morgan fingerprint density at radius 2 is 2.13 bits per heavy atom. The van der Waals surface area contributed by atoms with E-state index in [9.17, 15) is 9.59 Å². The third-order valence-corrected chi connectivity index (χ3v) is 2.04. The van der Waals surface area contributed by atoms with Crippen LogP contribution in [0.3, 0.4) is 0 Å². The fourth-order valence-electron chi connectivity index (χ4n) is 1.27. The highest BCUT2D eigenvalue weighted by Gasteiger charge is 2.01. The number of pyridine rings is 2. The number of aromatic nitrogens is 2. The normalized spacial score (nSPS) is 9.87. The maximum atomic E-state index is 11.3. The molecule has 0 spiro atoms. The predicted molar refractivity (Wildman–Crippen MR) is 55.7 cm³/mol. The molecule has 0 bridgehead atoms. The van der Waals surface area contributed by atoms with Crippen LogP contribution >= 0.6 is 0 Å². The molecule has 0 saturated carbocycles. The van der Waals surface area contributed by atoms with Crippen LogP contribution in [0.1, 0.15) is 10.4 Å². The van der Waals surface area contributed by atoms with Gasteiger partial charge in [0.05, 0.1) is 5.56 Å². The minimum absolute atomic E-state index is 0.127. The topological polar surface area (TPSA) is 62.8 Å². The Morgan fingerprint density at radius 1 is 1.27 bits per heavy atom. The summed E-state index contributed by atoms with van der Waals surface area (Å²) in [5.41, 5.74) is 1.21. The van der Waals surface area contributed by atoms with E-state index in [1.165, 1.54) is 6.07 Å². The third-order valence-electron chi connectivity index (χ3n) is 2.04. The summed E-state index contributed by atoms with van der Waals surface area (Å²) in [6, 6.07) is 6.79. The van der Waals surface area contributed by atoms with Crippen LogP contribution in [0.15, 0.2) is 41.5 Å². The molecule has 0 aliphatic carbocycles. The molecule has 0 fully saturated rings. The van der Waals surface area contributed by atoms with Crippen molar-refractivity contribution >= 4 is 6.29 Å². The number of rotatable bonds is 2. The molecule has 0 aliphatic heterocycles. The van der Waals surface area contributed by atoms with Gasteiger partial charge >= 0.3 is 0 Å². The van der Waals surface area contributed by atoms with Gasteiger partial charge in [0.2, 0.25) is 0 Å². The van der Waals surface area contributed by atoms with Crippen molar-refractivity contribution in [3.05, 3.63) is 52.6 Å². The molecule has 2 rings (SSSR count). The standard InChI is InChI=1S/C11H8N2O2/c14-7-9-3-4-10(13-11(9)15)8-2-1-5-12-6-8/h1-7H,(H,13,15). The minimum atomic E-state index is -0.383. The number of aromatic amines is 1. The van der Waals surface area contributed by atoms with Crippen molar-refractivity contribution in [3.63, 3.8) is 0 Å². The molecular weight excluding hydrogens is 192 g/mol. The summed E-state index contributed by atoms with van der Waals surface area (Å²) in [7, 11) is 0. The molecule has 0 aliphatic rings. The summed E-state index contributed by atoms with van der Waals surface area (Å²) in [4.78, 5) is 28.3. The van der Waals surface area contributed by atoms with Crippen LogP contribution in [0, 0.1) is 0 Å². The second kappa shape index (κ2) is 3.88. The summed E-state index contributed by atoms with van der Waals surface area (Å²) >= 11 is 0. The Kier molecular flexibility index (Phi) is 2.41. The number of H-pyrrole nitrogens is 1. The van der Waals surface area contributed by atoms with E-state index in [1.807, 2.05) is 6.07 Å². The SMILES string of the molecule is O=Cc1ccc(-c2cccnc2)[nH]c1=O. The van der Waals surface area contributed by atoms with Crippen LogP contribution in [0.4, 0.5) is 0 Å². The average Bonchev–Trinajstić information content (AvgIpc) is 2.30. The molecule has 0 radical (unpaired) electrons. The van der Waals surface area contributed by atoms with Crippen molar-refractivity contribution < 1.29 is 4.79 Å². The van der Waals surface area contributed by atoms with Crippen molar-refractivity contribution in [2.75, 3.05) is 0 Å². The van der Waals surface area contributed by atoms with Gasteiger partial charge in [-0.15, -0.1) is 0 Å². The number of hydrogen-bond acceptors (Lipinski definition) is 3. The molecule has 1 N–H and O–H groups in total. The van der Waals surface area contributed by atoms with Crippen LogP contribution in [0.2, 0.25) is 0 Å². The molecule has 4 heteroatoms. The molecule has 0 unspecified atom stereocenters. The maximum absolute atomic E-state index is 11.3. The first-order valence-corrected chi connectivity index (χ1v) is 4.40. The Hall–Kier alpha value is -2.23. The van der Waals surface area contributed by atoms with E-state index in [0.29, 0.717) is 12.0 Å². The van der Waals surface area contributed by atoms with E-state index >= 15 is 0 Å². The van der Waals surface area contributed by atoms with Gasteiger partial charge in [0.25, 0.3) is 5.56 Å². The van der Waals surface area contributed by atoms with Gasteiger partial charge in [0.1, 0.15) is 0 Å². The van der Waals surface area contributed by atoms with Gasteiger partial charge in [-0.1, -0.05) is 0 Å². The molecule has 0 aromatic carbocycles. The van der Waals surface area contributed by atoms with E-state index in [-0.39, 0.29) is 11.1 Å². The van der Waals surface area contributed by atoms with Crippen molar-refractivity contribution in [3.8, 4) is 11.3 Å². The van der Waals surface area contributed by atoms with Gasteiger partial charge in [0, 0.05) is 23.7 Å². The quantitative estimate of drug-likeness (QED) is 0.742. The molecule has 0 amide bonds. The molecule has 2 heterocycles. The summed E-state index contributed by atoms with van der Waals surface area (Å²) < 4.78 is 0. The smallest absolute Gasteiger partial charge is 0.258 e. The fourth-order valence-corrected chi connectivity index (χ4v) is 1.27. The van der Waals surface area contributed by atoms with Gasteiger partial charge in [0.15, 0.2) is 6.29 Å². The Bertz CT molecular complexity index is 532. The van der Waals surface area contributed by atoms with Crippen molar-refractivity contribution in [2.24, 2.45) is 0 Å². The van der Waals surface area contributed by atoms with E-state index in [0.717, 1.165) is 5.56 Å². The molecule has 15 heavy (non-hydrogen) atoms. The predicted octanol–water partition coefficient (Wildman–Crippen LogP) is 1.25. The van der Waals surface area contributed by atoms with Gasteiger partial charge in [-0.25, -0.2) is 0 Å². The highest BCUT2D eigenvalue weighted by molar-refractivity contribution is 5.75. The van der Waals surface area contributed by atoms with Crippen LogP contribution < -0.4 is 5.56 Å². The summed E-state index contributed by atoms with van der Waals surface area (Å²) in [5, 5.41) is 0. The van der Waals surface area contributed by atoms with Gasteiger partial charge in [-0.2, -0.15) is 0 Å². The van der Waals surface area contributed by atoms with Gasteiger partial charge in [-0.05, 0) is 24.3 Å². The second-order valence-electron chi connectivity index (χ2n) is 3.02. The van der Waals surface area contributed by atoms with Crippen LogP contribution in [-0.2, 0) is 0 Å². The lowest BCUT2D eigenvalue weighted by Gasteiger charge is -2.00. The molecule has 74 valence electrons. The van der Waals surface area contributed by atoms with Crippen LogP contribution in [-0.4, -0.2) is 16.3 Å². The zero-order chi connectivity index (χ0) is 10.7. The van der Waals surface area contributed by atoms with Crippen molar-refractivity contribution in [1.82, 2.24) is 9.97 Å². The first-order chi connectivity index (χ1) is 7.31. The Balaban J connectivity index is 2.52. The van der Waals surface area contributed by atoms with Crippen molar-refractivity contribution in [1.29, 1.82) is 0 Å². The lowest BCUT2D eigenvalue weighted by Crippen LogP contribution is -2.11. The zero-order valence-corrected chi connectivity index (χ0v) is 7.81. The Labute approximate surface area is 85.6 Å². The fraction of sp³-hybridized carbons (Fsp3) is 0. The van der Waals surface area contributed by atoms with Gasteiger partial charge in [-0.3, -0.25) is 14.6 Å². The third kappa shape index (κ3) is 1.83. The second-order valence-corrected chi connectivity index (χ2v) is 3.02. The number of aldehydes is 1. The zero-order valence-electron chi connectivity index (χ0n) is 7.81. The first kappa shape index (κ1) is 9.33. The highest BCUT2D eigenvalue weighted by atomic mass is 16.1. The summed E-state index contributed by atoms with van der Waals surface area (Å²) in [6.45, 7) is 0. The lowest BCUT2D eigenvalue weighted by atomic mass is 10.2. The van der Waals surface area contributed by atoms with E-state index in [1.54, 1.807) is 24.5 Å². The average molecular weight is 200 g/mol. The monoisotopic (exact) mass is 200 g/mol. The number of carbonyl (C=O) groups excluding carboxylic acids is 1. The van der Waals surface area contributed by atoms with Crippen molar-refractivity contribution in [2.45, 2.75) is 0 Å². The molecule has 2 aromatic heterocycles. The molecular formula is C11H8N2O2.